The molecule has 1 aliphatic carbocycles. The highest BCUT2D eigenvalue weighted by Crippen LogP contribution is 2.36. The van der Waals surface area contributed by atoms with E-state index in [2.05, 4.69) is 0 Å². The first-order valence-corrected chi connectivity index (χ1v) is 9.21. The van der Waals surface area contributed by atoms with E-state index < -0.39 is 0 Å². The van der Waals surface area contributed by atoms with E-state index in [1.54, 1.807) is 7.11 Å². The summed E-state index contributed by atoms with van der Waals surface area (Å²) in [5.41, 5.74) is 4.43. The molecule has 0 radical (unpaired) electrons. The lowest BCUT2D eigenvalue weighted by atomic mass is 9.78. The lowest BCUT2D eigenvalue weighted by molar-refractivity contribution is -0.120. The minimum absolute atomic E-state index is 0.206. The molecule has 0 heterocycles. The first kappa shape index (κ1) is 17.3. The fraction of sp³-hybridized carbons (Fsp3) is 0.208. The molecule has 0 saturated carbocycles. The van der Waals surface area contributed by atoms with E-state index in [4.69, 9.17) is 9.47 Å². The Kier molecular flexibility index (Phi) is 4.93. The normalized spacial score (nSPS) is 15.9. The summed E-state index contributed by atoms with van der Waals surface area (Å²) in [5.74, 6) is 1.71. The van der Waals surface area contributed by atoms with Gasteiger partial charge in [0, 0.05) is 6.42 Å². The third-order valence-corrected chi connectivity index (χ3v) is 5.09. The van der Waals surface area contributed by atoms with E-state index in [0.717, 1.165) is 34.6 Å². The van der Waals surface area contributed by atoms with Gasteiger partial charge in [-0.1, -0.05) is 48.5 Å². The van der Waals surface area contributed by atoms with Gasteiger partial charge in [0.15, 0.2) is 0 Å². The third kappa shape index (κ3) is 3.72. The molecule has 0 N–H and O–H groups in total. The smallest absolute Gasteiger partial charge is 0.145 e. The highest BCUT2D eigenvalue weighted by molar-refractivity contribution is 5.91. The highest BCUT2D eigenvalue weighted by Gasteiger charge is 2.29. The second kappa shape index (κ2) is 7.67. The van der Waals surface area contributed by atoms with E-state index >= 15 is 0 Å². The molecular weight excluding hydrogens is 336 g/mol. The molecule has 1 atom stereocenters. The Bertz CT molecular complexity index is 930. The number of Topliss-reactive ketones (excluding diaryl/α,β-unsaturated/α-hetero) is 1. The van der Waals surface area contributed by atoms with Crippen molar-refractivity contribution in [3.05, 3.63) is 95.1 Å². The summed E-state index contributed by atoms with van der Waals surface area (Å²) in [6, 6.07) is 24.0. The molecule has 0 fully saturated rings. The van der Waals surface area contributed by atoms with E-state index in [0.29, 0.717) is 13.0 Å². The predicted octanol–water partition coefficient (Wildman–Crippen LogP) is 4.92. The fourth-order valence-electron chi connectivity index (χ4n) is 3.65. The van der Waals surface area contributed by atoms with Crippen LogP contribution in [0.1, 0.15) is 34.6 Å². The highest BCUT2D eigenvalue weighted by atomic mass is 16.5. The van der Waals surface area contributed by atoms with Gasteiger partial charge < -0.3 is 9.47 Å². The standard InChI is InChI=1S/C24H22O3/c1-26-21-12-13-22-19(15-21)9-14-23(25)24(22)18-7-10-20(11-8-18)27-16-17-5-3-2-4-6-17/h2-8,10-13,15,24H,9,14,16H2,1H3. The number of aryl methyl sites for hydroxylation is 1. The molecule has 1 aliphatic rings. The maximum Gasteiger partial charge on any atom is 0.145 e. The lowest BCUT2D eigenvalue weighted by Crippen LogP contribution is -2.21. The van der Waals surface area contributed by atoms with Gasteiger partial charge in [0.25, 0.3) is 0 Å². The molecule has 0 aliphatic heterocycles. The number of rotatable bonds is 5. The molecule has 0 aromatic heterocycles. The van der Waals surface area contributed by atoms with Crippen molar-refractivity contribution in [1.29, 1.82) is 0 Å². The van der Waals surface area contributed by atoms with E-state index in [9.17, 15) is 4.79 Å². The van der Waals surface area contributed by atoms with Crippen LogP contribution >= 0.6 is 0 Å². The summed E-state index contributed by atoms with van der Waals surface area (Å²) in [5, 5.41) is 0. The van der Waals surface area contributed by atoms with Crippen molar-refractivity contribution >= 4 is 5.78 Å². The SMILES string of the molecule is COc1ccc2c(c1)CCC(=O)C2c1ccc(OCc2ccccc2)cc1. The van der Waals surface area contributed by atoms with Crippen molar-refractivity contribution in [1.82, 2.24) is 0 Å². The van der Waals surface area contributed by atoms with Crippen molar-refractivity contribution in [2.24, 2.45) is 0 Å². The Morgan fingerprint density at radius 2 is 1.63 bits per heavy atom. The molecule has 0 saturated heterocycles. The summed E-state index contributed by atoms with van der Waals surface area (Å²) in [6.07, 6.45) is 1.34. The number of ketones is 1. The average molecular weight is 358 g/mol. The van der Waals surface area contributed by atoms with Gasteiger partial charge in [0.05, 0.1) is 13.0 Å². The summed E-state index contributed by atoms with van der Waals surface area (Å²) >= 11 is 0. The Hall–Kier alpha value is -3.07. The summed E-state index contributed by atoms with van der Waals surface area (Å²) < 4.78 is 11.2. The van der Waals surface area contributed by atoms with Crippen LogP contribution in [0.25, 0.3) is 0 Å². The van der Waals surface area contributed by atoms with Crippen LogP contribution in [0.5, 0.6) is 11.5 Å². The Morgan fingerprint density at radius 3 is 2.37 bits per heavy atom. The van der Waals surface area contributed by atoms with Gasteiger partial charge in [-0.05, 0) is 52.9 Å². The number of benzene rings is 3. The van der Waals surface area contributed by atoms with Crippen LogP contribution in [0.2, 0.25) is 0 Å². The van der Waals surface area contributed by atoms with Crippen LogP contribution in [0.3, 0.4) is 0 Å². The van der Waals surface area contributed by atoms with Crippen LogP contribution in [0.4, 0.5) is 0 Å². The van der Waals surface area contributed by atoms with Gasteiger partial charge >= 0.3 is 0 Å². The number of hydrogen-bond acceptors (Lipinski definition) is 3. The number of methoxy groups -OCH3 is 1. The van der Waals surface area contributed by atoms with Gasteiger partial charge in [-0.3, -0.25) is 4.79 Å². The van der Waals surface area contributed by atoms with E-state index in [1.807, 2.05) is 72.8 Å². The molecule has 27 heavy (non-hydrogen) atoms. The number of carbonyl (C=O) groups is 1. The number of hydrogen-bond donors (Lipinski definition) is 0. The minimum Gasteiger partial charge on any atom is -0.497 e. The first-order valence-electron chi connectivity index (χ1n) is 9.21. The van der Waals surface area contributed by atoms with Crippen molar-refractivity contribution < 1.29 is 14.3 Å². The van der Waals surface area contributed by atoms with Crippen LogP contribution < -0.4 is 9.47 Å². The van der Waals surface area contributed by atoms with Crippen LogP contribution in [0, 0.1) is 0 Å². The summed E-state index contributed by atoms with van der Waals surface area (Å²) in [4.78, 5) is 12.6. The number of fused-ring (bicyclic) bond motifs is 1. The zero-order chi connectivity index (χ0) is 18.6. The van der Waals surface area contributed by atoms with Crippen molar-refractivity contribution in [3.63, 3.8) is 0 Å². The van der Waals surface area contributed by atoms with Gasteiger partial charge in [-0.15, -0.1) is 0 Å². The molecule has 4 rings (SSSR count). The summed E-state index contributed by atoms with van der Waals surface area (Å²) in [7, 11) is 1.67. The van der Waals surface area contributed by atoms with Crippen molar-refractivity contribution in [3.8, 4) is 11.5 Å². The molecule has 136 valence electrons. The topological polar surface area (TPSA) is 35.5 Å². The van der Waals surface area contributed by atoms with Crippen molar-refractivity contribution in [2.45, 2.75) is 25.4 Å². The molecule has 0 amide bonds. The summed E-state index contributed by atoms with van der Waals surface area (Å²) in [6.45, 7) is 0.533. The molecule has 0 spiro atoms. The van der Waals surface area contributed by atoms with Gasteiger partial charge in [0.1, 0.15) is 23.9 Å². The lowest BCUT2D eigenvalue weighted by Gasteiger charge is -2.25. The van der Waals surface area contributed by atoms with E-state index in [1.165, 1.54) is 5.56 Å². The zero-order valence-electron chi connectivity index (χ0n) is 15.4. The maximum atomic E-state index is 12.6. The molecule has 3 nitrogen and oxygen atoms in total. The molecule has 3 heteroatoms. The Balaban J connectivity index is 1.54. The number of carbonyl (C=O) groups excluding carboxylic acids is 1. The van der Waals surface area contributed by atoms with Gasteiger partial charge in [-0.25, -0.2) is 0 Å². The monoisotopic (exact) mass is 358 g/mol. The minimum atomic E-state index is -0.206. The molecular formula is C24H22O3. The predicted molar refractivity (Wildman–Crippen MR) is 105 cm³/mol. The molecule has 1 unspecified atom stereocenters. The largest absolute Gasteiger partial charge is 0.497 e. The Morgan fingerprint density at radius 1 is 0.889 bits per heavy atom. The maximum absolute atomic E-state index is 12.6. The van der Waals surface area contributed by atoms with E-state index in [-0.39, 0.29) is 11.7 Å². The second-order valence-corrected chi connectivity index (χ2v) is 6.81. The third-order valence-electron chi connectivity index (χ3n) is 5.09. The molecule has 3 aromatic carbocycles. The first-order chi connectivity index (χ1) is 13.2. The van der Waals surface area contributed by atoms with Gasteiger partial charge in [0.2, 0.25) is 0 Å². The van der Waals surface area contributed by atoms with Crippen LogP contribution in [-0.2, 0) is 17.8 Å². The average Bonchev–Trinajstić information content (AvgIpc) is 2.73. The molecule has 3 aromatic rings. The zero-order valence-corrected chi connectivity index (χ0v) is 15.4. The fourth-order valence-corrected chi connectivity index (χ4v) is 3.65. The molecule has 0 bridgehead atoms. The Labute approximate surface area is 159 Å². The quantitative estimate of drug-likeness (QED) is 0.649. The van der Waals surface area contributed by atoms with Crippen LogP contribution in [0.15, 0.2) is 72.8 Å². The van der Waals surface area contributed by atoms with Crippen molar-refractivity contribution in [2.75, 3.05) is 7.11 Å². The van der Waals surface area contributed by atoms with Crippen LogP contribution in [-0.4, -0.2) is 12.9 Å². The second-order valence-electron chi connectivity index (χ2n) is 6.81. The van der Waals surface area contributed by atoms with Gasteiger partial charge in [-0.2, -0.15) is 0 Å². The number of ether oxygens (including phenoxy) is 2.